The molecule has 1 N–H and O–H groups in total. The van der Waals surface area contributed by atoms with Crippen molar-refractivity contribution in [1.82, 2.24) is 10.2 Å². The van der Waals surface area contributed by atoms with Crippen LogP contribution in [-0.4, -0.2) is 23.5 Å². The van der Waals surface area contributed by atoms with E-state index in [2.05, 4.69) is 12.2 Å². The number of carbonyl (C=O) groups excluding carboxylic acids is 1. The van der Waals surface area contributed by atoms with Gasteiger partial charge in [-0.15, -0.1) is 0 Å². The first-order valence-electron chi connectivity index (χ1n) is 6.88. The Kier molecular flexibility index (Phi) is 3.61. The summed E-state index contributed by atoms with van der Waals surface area (Å²) in [6.45, 7) is 8.65. The van der Waals surface area contributed by atoms with Gasteiger partial charge in [0.05, 0.1) is 6.54 Å². The first kappa shape index (κ1) is 14.0. The molecular formula is C15H24N2O2. The van der Waals surface area contributed by atoms with Crippen LogP contribution in [0.1, 0.15) is 51.6 Å². The van der Waals surface area contributed by atoms with Crippen molar-refractivity contribution in [3.63, 3.8) is 0 Å². The Hall–Kier alpha value is -1.45. The standard InChI is InChI=1S/C15H24N2O2/c1-10-8-12(10)13-7-6-11(19-13)9-17(5)14(18)16-15(2,3)4/h6-7,10,12H,8-9H2,1-5H3,(H,16,18)/t10-,12-/m0/s1. The van der Waals surface area contributed by atoms with Gasteiger partial charge in [-0.1, -0.05) is 6.92 Å². The third kappa shape index (κ3) is 3.75. The van der Waals surface area contributed by atoms with Crippen LogP contribution in [0, 0.1) is 5.92 Å². The van der Waals surface area contributed by atoms with Crippen molar-refractivity contribution in [2.24, 2.45) is 5.92 Å². The summed E-state index contributed by atoms with van der Waals surface area (Å²) >= 11 is 0. The first-order chi connectivity index (χ1) is 8.76. The molecule has 1 saturated carbocycles. The summed E-state index contributed by atoms with van der Waals surface area (Å²) in [5.41, 5.74) is -0.219. The molecule has 0 spiro atoms. The molecule has 1 fully saturated rings. The molecule has 0 radical (unpaired) electrons. The van der Waals surface area contributed by atoms with Crippen molar-refractivity contribution in [3.05, 3.63) is 23.7 Å². The van der Waals surface area contributed by atoms with E-state index < -0.39 is 0 Å². The molecule has 2 atom stereocenters. The molecule has 0 bridgehead atoms. The first-order valence-corrected chi connectivity index (χ1v) is 6.88. The molecule has 106 valence electrons. The number of amides is 2. The average Bonchev–Trinajstić information content (AvgIpc) is 2.82. The molecule has 4 heteroatoms. The summed E-state index contributed by atoms with van der Waals surface area (Å²) in [6, 6.07) is 3.94. The summed E-state index contributed by atoms with van der Waals surface area (Å²) in [5.74, 6) is 3.23. The number of furan rings is 1. The van der Waals surface area contributed by atoms with Crippen molar-refractivity contribution in [2.45, 2.75) is 52.1 Å². The van der Waals surface area contributed by atoms with Crippen LogP contribution in [0.15, 0.2) is 16.5 Å². The Morgan fingerprint density at radius 3 is 2.63 bits per heavy atom. The largest absolute Gasteiger partial charge is 0.464 e. The van der Waals surface area contributed by atoms with Gasteiger partial charge in [-0.2, -0.15) is 0 Å². The second kappa shape index (κ2) is 4.91. The topological polar surface area (TPSA) is 45.5 Å². The molecule has 1 heterocycles. The zero-order chi connectivity index (χ0) is 14.2. The van der Waals surface area contributed by atoms with Gasteiger partial charge in [-0.25, -0.2) is 4.79 Å². The van der Waals surface area contributed by atoms with E-state index in [1.54, 1.807) is 11.9 Å². The normalized spacial score (nSPS) is 22.2. The van der Waals surface area contributed by atoms with Crippen LogP contribution in [0.3, 0.4) is 0 Å². The van der Waals surface area contributed by atoms with Gasteiger partial charge in [-0.05, 0) is 45.2 Å². The maximum atomic E-state index is 11.9. The number of rotatable bonds is 3. The van der Waals surface area contributed by atoms with Crippen LogP contribution in [0.25, 0.3) is 0 Å². The van der Waals surface area contributed by atoms with Crippen LogP contribution in [0.5, 0.6) is 0 Å². The minimum absolute atomic E-state index is 0.0785. The van der Waals surface area contributed by atoms with Crippen LogP contribution >= 0.6 is 0 Å². The molecule has 1 aliphatic carbocycles. The number of carbonyl (C=O) groups is 1. The van der Waals surface area contributed by atoms with Crippen molar-refractivity contribution in [3.8, 4) is 0 Å². The molecule has 4 nitrogen and oxygen atoms in total. The number of nitrogens with zero attached hydrogens (tertiary/aromatic N) is 1. The maximum absolute atomic E-state index is 11.9. The highest BCUT2D eigenvalue weighted by molar-refractivity contribution is 5.74. The van der Waals surface area contributed by atoms with E-state index in [9.17, 15) is 4.79 Å². The van der Waals surface area contributed by atoms with Crippen LogP contribution in [-0.2, 0) is 6.54 Å². The molecule has 0 aliphatic heterocycles. The minimum atomic E-state index is -0.219. The summed E-state index contributed by atoms with van der Waals surface area (Å²) < 4.78 is 5.81. The Labute approximate surface area is 115 Å². The Morgan fingerprint density at radius 2 is 2.11 bits per heavy atom. The highest BCUT2D eigenvalue weighted by atomic mass is 16.3. The summed E-state index contributed by atoms with van der Waals surface area (Å²) in [5, 5.41) is 2.93. The fourth-order valence-corrected chi connectivity index (χ4v) is 2.12. The van der Waals surface area contributed by atoms with Crippen molar-refractivity contribution in [2.75, 3.05) is 7.05 Å². The van der Waals surface area contributed by atoms with Crippen molar-refractivity contribution < 1.29 is 9.21 Å². The second-order valence-electron chi connectivity index (χ2n) is 6.66. The number of hydrogen-bond donors (Lipinski definition) is 1. The van der Waals surface area contributed by atoms with Gasteiger partial charge in [0, 0.05) is 18.5 Å². The molecule has 1 aromatic heterocycles. The fourth-order valence-electron chi connectivity index (χ4n) is 2.12. The molecule has 2 rings (SSSR count). The SMILES string of the molecule is C[C@H]1C[C@@H]1c1ccc(CN(C)C(=O)NC(C)(C)C)o1. The van der Waals surface area contributed by atoms with Crippen molar-refractivity contribution in [1.29, 1.82) is 0 Å². The monoisotopic (exact) mass is 264 g/mol. The van der Waals surface area contributed by atoms with Gasteiger partial charge in [0.1, 0.15) is 11.5 Å². The lowest BCUT2D eigenvalue weighted by molar-refractivity contribution is 0.193. The van der Waals surface area contributed by atoms with Crippen LogP contribution in [0.4, 0.5) is 4.79 Å². The molecule has 19 heavy (non-hydrogen) atoms. The Morgan fingerprint density at radius 1 is 1.47 bits per heavy atom. The maximum Gasteiger partial charge on any atom is 0.317 e. The zero-order valence-electron chi connectivity index (χ0n) is 12.5. The van der Waals surface area contributed by atoms with Gasteiger partial charge in [-0.3, -0.25) is 0 Å². The summed E-state index contributed by atoms with van der Waals surface area (Å²) in [6.07, 6.45) is 1.22. The van der Waals surface area contributed by atoms with Gasteiger partial charge in [0.15, 0.2) is 0 Å². The van der Waals surface area contributed by atoms with E-state index in [1.165, 1.54) is 6.42 Å². The van der Waals surface area contributed by atoms with E-state index in [0.29, 0.717) is 12.5 Å². The van der Waals surface area contributed by atoms with Gasteiger partial charge in [0.2, 0.25) is 0 Å². The van der Waals surface area contributed by atoms with Crippen LogP contribution < -0.4 is 5.32 Å². The smallest absolute Gasteiger partial charge is 0.317 e. The molecule has 1 aliphatic rings. The number of hydrogen-bond acceptors (Lipinski definition) is 2. The Bertz CT molecular complexity index is 459. The van der Waals surface area contributed by atoms with Gasteiger partial charge < -0.3 is 14.6 Å². The van der Waals surface area contributed by atoms with Gasteiger partial charge in [0.25, 0.3) is 0 Å². The molecule has 0 unspecified atom stereocenters. The average molecular weight is 264 g/mol. The lowest BCUT2D eigenvalue weighted by Gasteiger charge is -2.25. The fraction of sp³-hybridized carbons (Fsp3) is 0.667. The predicted molar refractivity (Wildman–Crippen MR) is 75.0 cm³/mol. The molecular weight excluding hydrogens is 240 g/mol. The van der Waals surface area contributed by atoms with E-state index in [4.69, 9.17) is 4.42 Å². The predicted octanol–water partition coefficient (Wildman–Crippen LogP) is 3.34. The van der Waals surface area contributed by atoms with E-state index >= 15 is 0 Å². The third-order valence-electron chi connectivity index (χ3n) is 3.38. The van der Waals surface area contributed by atoms with E-state index in [0.717, 1.165) is 17.4 Å². The second-order valence-corrected chi connectivity index (χ2v) is 6.66. The van der Waals surface area contributed by atoms with E-state index in [-0.39, 0.29) is 11.6 Å². The molecule has 2 amide bonds. The molecule has 1 aromatic rings. The number of urea groups is 1. The highest BCUT2D eigenvalue weighted by Gasteiger charge is 2.36. The summed E-state index contributed by atoms with van der Waals surface area (Å²) in [7, 11) is 1.78. The quantitative estimate of drug-likeness (QED) is 0.910. The lowest BCUT2D eigenvalue weighted by atomic mass is 10.1. The Balaban J connectivity index is 1.89. The van der Waals surface area contributed by atoms with Gasteiger partial charge >= 0.3 is 6.03 Å². The molecule has 0 aromatic carbocycles. The molecule has 0 saturated heterocycles. The third-order valence-corrected chi connectivity index (χ3v) is 3.38. The highest BCUT2D eigenvalue weighted by Crippen LogP contribution is 2.47. The lowest BCUT2D eigenvalue weighted by Crippen LogP contribution is -2.46. The van der Waals surface area contributed by atoms with Crippen LogP contribution in [0.2, 0.25) is 0 Å². The summed E-state index contributed by atoms with van der Waals surface area (Å²) in [4.78, 5) is 13.6. The van der Waals surface area contributed by atoms with Crippen molar-refractivity contribution >= 4 is 6.03 Å². The number of nitrogens with one attached hydrogen (secondary N) is 1. The minimum Gasteiger partial charge on any atom is -0.464 e. The zero-order valence-corrected chi connectivity index (χ0v) is 12.5. The van der Waals surface area contributed by atoms with E-state index in [1.807, 2.05) is 32.9 Å².